The molecular weight excluding hydrogens is 384 g/mol. The molecule has 7 heteroatoms. The fourth-order valence-electron chi connectivity index (χ4n) is 4.02. The number of aryl methyl sites for hydroxylation is 2. The summed E-state index contributed by atoms with van der Waals surface area (Å²) in [4.78, 5) is 29.4. The van der Waals surface area contributed by atoms with Gasteiger partial charge in [0.25, 0.3) is 0 Å². The van der Waals surface area contributed by atoms with Gasteiger partial charge in [0, 0.05) is 38.2 Å². The number of hydrogen-bond donors (Lipinski definition) is 1. The van der Waals surface area contributed by atoms with Crippen molar-refractivity contribution in [2.45, 2.75) is 51.4 Å². The lowest BCUT2D eigenvalue weighted by Crippen LogP contribution is -2.21. The number of ether oxygens (including phenoxy) is 1. The van der Waals surface area contributed by atoms with E-state index in [0.717, 1.165) is 6.42 Å². The minimum absolute atomic E-state index is 0.0126. The lowest BCUT2D eigenvalue weighted by molar-refractivity contribution is -0.115. The Labute approximate surface area is 174 Å². The number of allylic oxidation sites excluding steroid dienone is 2. The van der Waals surface area contributed by atoms with Crippen LogP contribution in [0.3, 0.4) is 0 Å². The number of aromatic nitrogens is 1. The molecule has 7 nitrogen and oxygen atoms in total. The Balaban J connectivity index is 1.60. The van der Waals surface area contributed by atoms with Gasteiger partial charge in [0.05, 0.1) is 35.3 Å². The van der Waals surface area contributed by atoms with Gasteiger partial charge in [-0.1, -0.05) is 11.2 Å². The molecule has 0 amide bonds. The van der Waals surface area contributed by atoms with Gasteiger partial charge in [-0.2, -0.15) is 0 Å². The average Bonchev–Trinajstić information content (AvgIpc) is 3.17. The van der Waals surface area contributed by atoms with Crippen molar-refractivity contribution in [2.75, 3.05) is 7.11 Å². The van der Waals surface area contributed by atoms with Crippen molar-refractivity contribution >= 4 is 23.0 Å². The van der Waals surface area contributed by atoms with Gasteiger partial charge in [-0.25, -0.2) is 0 Å². The molecule has 1 N–H and O–H groups in total. The minimum Gasteiger partial charge on any atom is -0.511 e. The molecule has 1 aromatic heterocycles. The van der Waals surface area contributed by atoms with E-state index in [4.69, 9.17) is 9.26 Å². The number of carbonyl (C=O) groups excluding carboxylic acids is 2. The van der Waals surface area contributed by atoms with Crippen LogP contribution in [0.1, 0.15) is 60.3 Å². The van der Waals surface area contributed by atoms with E-state index in [1.165, 1.54) is 0 Å². The molecule has 4 rings (SSSR count). The second kappa shape index (κ2) is 8.65. The standard InChI is InChI=1S/C23H24N2O5/c1-29-15-6-2-5-14(13-15)24-16-7-3-8-18(26)22(16)20(28)12-11-17-23-19(27)9-4-10-21(23)30-25-17/h2,5-6,13,28H,3-4,7-12H2,1H3/b22-20-,24-16?. The van der Waals surface area contributed by atoms with E-state index in [2.05, 4.69) is 10.1 Å². The number of hydrogen-bond acceptors (Lipinski definition) is 7. The summed E-state index contributed by atoms with van der Waals surface area (Å²) >= 11 is 0. The molecule has 30 heavy (non-hydrogen) atoms. The van der Waals surface area contributed by atoms with E-state index in [1.54, 1.807) is 13.2 Å². The van der Waals surface area contributed by atoms with E-state index in [0.29, 0.717) is 72.7 Å². The molecule has 0 aliphatic heterocycles. The first kappa shape index (κ1) is 20.1. The van der Waals surface area contributed by atoms with Crippen LogP contribution in [0, 0.1) is 0 Å². The van der Waals surface area contributed by atoms with E-state index in [9.17, 15) is 14.7 Å². The summed E-state index contributed by atoms with van der Waals surface area (Å²) in [6.45, 7) is 0. The lowest BCUT2D eigenvalue weighted by atomic mass is 9.88. The highest BCUT2D eigenvalue weighted by atomic mass is 16.5. The van der Waals surface area contributed by atoms with Gasteiger partial charge >= 0.3 is 0 Å². The average molecular weight is 408 g/mol. The number of aliphatic imine (C=N–C) groups is 1. The normalized spacial score (nSPS) is 19.7. The Morgan fingerprint density at radius 1 is 1.17 bits per heavy atom. The zero-order valence-electron chi connectivity index (χ0n) is 16.9. The Bertz CT molecular complexity index is 1050. The van der Waals surface area contributed by atoms with Crippen LogP contribution in [0.25, 0.3) is 0 Å². The van der Waals surface area contributed by atoms with Gasteiger partial charge in [-0.05, 0) is 31.4 Å². The highest BCUT2D eigenvalue weighted by Crippen LogP contribution is 2.29. The number of ketones is 2. The molecule has 0 radical (unpaired) electrons. The molecule has 0 unspecified atom stereocenters. The lowest BCUT2D eigenvalue weighted by Gasteiger charge is -2.18. The molecule has 0 spiro atoms. The number of aliphatic hydroxyl groups is 1. The number of Topliss-reactive ketones (excluding diaryl/α,β-unsaturated/α-hetero) is 2. The molecule has 2 aliphatic rings. The fraction of sp³-hybridized carbons (Fsp3) is 0.391. The maximum atomic E-state index is 12.6. The first-order valence-corrected chi connectivity index (χ1v) is 10.2. The second-order valence-electron chi connectivity index (χ2n) is 7.56. The molecular formula is C23H24N2O5. The summed E-state index contributed by atoms with van der Waals surface area (Å²) in [5.74, 6) is 1.21. The minimum atomic E-state index is -0.112. The van der Waals surface area contributed by atoms with Crippen LogP contribution in [0.4, 0.5) is 5.69 Å². The second-order valence-corrected chi connectivity index (χ2v) is 7.56. The molecule has 0 saturated heterocycles. The van der Waals surface area contributed by atoms with Crippen molar-refractivity contribution in [2.24, 2.45) is 4.99 Å². The summed E-state index contributed by atoms with van der Waals surface area (Å²) in [5, 5.41) is 14.8. The molecule has 156 valence electrons. The first-order valence-electron chi connectivity index (χ1n) is 10.2. The molecule has 1 saturated carbocycles. The van der Waals surface area contributed by atoms with E-state index in [1.807, 2.05) is 18.2 Å². The van der Waals surface area contributed by atoms with Gasteiger partial charge in [-0.15, -0.1) is 0 Å². The third kappa shape index (κ3) is 4.06. The number of carbonyl (C=O) groups is 2. The largest absolute Gasteiger partial charge is 0.511 e. The predicted octanol–water partition coefficient (Wildman–Crippen LogP) is 4.47. The van der Waals surface area contributed by atoms with Crippen molar-refractivity contribution in [3.63, 3.8) is 0 Å². The SMILES string of the molecule is COc1cccc(N=C2CCCC(=O)/C2=C(\O)CCc2noc3c2C(=O)CCC3)c1. The maximum Gasteiger partial charge on any atom is 0.168 e. The Kier molecular flexibility index (Phi) is 5.79. The number of rotatable bonds is 5. The van der Waals surface area contributed by atoms with Crippen molar-refractivity contribution in [3.8, 4) is 5.75 Å². The Morgan fingerprint density at radius 3 is 2.80 bits per heavy atom. The fourth-order valence-corrected chi connectivity index (χ4v) is 4.02. The van der Waals surface area contributed by atoms with Gasteiger partial charge < -0.3 is 14.4 Å². The topological polar surface area (TPSA) is 102 Å². The molecule has 1 fully saturated rings. The number of fused-ring (bicyclic) bond motifs is 1. The molecule has 2 aromatic rings. The third-order valence-corrected chi connectivity index (χ3v) is 5.51. The maximum absolute atomic E-state index is 12.6. The summed E-state index contributed by atoms with van der Waals surface area (Å²) in [5.41, 5.74) is 2.64. The van der Waals surface area contributed by atoms with Crippen molar-refractivity contribution in [1.29, 1.82) is 0 Å². The smallest absolute Gasteiger partial charge is 0.168 e. The van der Waals surface area contributed by atoms with Crippen LogP contribution < -0.4 is 4.74 Å². The van der Waals surface area contributed by atoms with Gasteiger partial charge in [0.15, 0.2) is 11.6 Å². The monoisotopic (exact) mass is 408 g/mol. The molecule has 1 heterocycles. The summed E-state index contributed by atoms with van der Waals surface area (Å²) < 4.78 is 10.5. The van der Waals surface area contributed by atoms with Crippen LogP contribution in [0.2, 0.25) is 0 Å². The van der Waals surface area contributed by atoms with E-state index in [-0.39, 0.29) is 29.3 Å². The number of methoxy groups -OCH3 is 1. The predicted molar refractivity (Wildman–Crippen MR) is 111 cm³/mol. The van der Waals surface area contributed by atoms with Gasteiger partial charge in [-0.3, -0.25) is 14.6 Å². The van der Waals surface area contributed by atoms with Crippen molar-refractivity contribution in [3.05, 3.63) is 52.6 Å². The number of benzene rings is 1. The Hall–Kier alpha value is -3.22. The quantitative estimate of drug-likeness (QED) is 0.578. The van der Waals surface area contributed by atoms with Crippen molar-refractivity contribution in [1.82, 2.24) is 5.16 Å². The first-order chi connectivity index (χ1) is 14.6. The van der Waals surface area contributed by atoms with Gasteiger partial charge in [0.2, 0.25) is 0 Å². The van der Waals surface area contributed by atoms with Crippen LogP contribution in [0.15, 0.2) is 45.1 Å². The molecule has 2 aliphatic carbocycles. The van der Waals surface area contributed by atoms with E-state index >= 15 is 0 Å². The summed E-state index contributed by atoms with van der Waals surface area (Å²) in [6.07, 6.45) is 4.19. The number of nitrogens with zero attached hydrogens (tertiary/aromatic N) is 2. The van der Waals surface area contributed by atoms with E-state index < -0.39 is 0 Å². The van der Waals surface area contributed by atoms with Crippen LogP contribution in [-0.2, 0) is 17.6 Å². The zero-order valence-corrected chi connectivity index (χ0v) is 16.9. The molecule has 0 atom stereocenters. The Morgan fingerprint density at radius 2 is 1.97 bits per heavy atom. The molecule has 1 aromatic carbocycles. The summed E-state index contributed by atoms with van der Waals surface area (Å²) in [7, 11) is 1.58. The van der Waals surface area contributed by atoms with Crippen molar-refractivity contribution < 1.29 is 24.0 Å². The third-order valence-electron chi connectivity index (χ3n) is 5.51. The van der Waals surface area contributed by atoms with Crippen LogP contribution in [-0.4, -0.2) is 34.7 Å². The molecule has 0 bridgehead atoms. The van der Waals surface area contributed by atoms with Gasteiger partial charge in [0.1, 0.15) is 17.3 Å². The van der Waals surface area contributed by atoms with Crippen LogP contribution in [0.5, 0.6) is 5.75 Å². The van der Waals surface area contributed by atoms with Crippen LogP contribution >= 0.6 is 0 Å². The highest BCUT2D eigenvalue weighted by molar-refractivity contribution is 6.24. The number of aliphatic hydroxyl groups excluding tert-OH is 1. The summed E-state index contributed by atoms with van der Waals surface area (Å²) in [6, 6.07) is 7.27. The highest BCUT2D eigenvalue weighted by Gasteiger charge is 2.28. The zero-order chi connectivity index (χ0) is 21.1.